The lowest BCUT2D eigenvalue weighted by Gasteiger charge is -2.37. The molecule has 0 saturated carbocycles. The molecular weight excluding hydrogens is 400 g/mol. The molecule has 2 aromatic heterocycles. The third-order valence-electron chi connectivity index (χ3n) is 6.62. The maximum atomic E-state index is 13.7. The predicted molar refractivity (Wildman–Crippen MR) is 128 cm³/mol. The number of Topliss-reactive ketones (excluding diaryl/α,β-unsaturated/α-hetero) is 1. The molecule has 31 heavy (non-hydrogen) atoms. The SMILES string of the molecule is Cc1ccsc1[C@H]1Nc2ccc3ncccc3c2C2=C1C(=O)C[C@@H](c1ccccc1)C2. The van der Waals surface area contributed by atoms with Crippen LogP contribution in [0, 0.1) is 6.92 Å². The van der Waals surface area contributed by atoms with Gasteiger partial charge < -0.3 is 5.32 Å². The third kappa shape index (κ3) is 2.94. The molecule has 0 bridgehead atoms. The number of nitrogens with one attached hydrogen (secondary N) is 1. The van der Waals surface area contributed by atoms with Gasteiger partial charge in [0.25, 0.3) is 0 Å². The van der Waals surface area contributed by atoms with E-state index in [2.05, 4.69) is 71.1 Å². The number of anilines is 1. The van der Waals surface area contributed by atoms with Crippen molar-refractivity contribution in [2.75, 3.05) is 5.32 Å². The lowest BCUT2D eigenvalue weighted by Crippen LogP contribution is -2.29. The number of hydrogen-bond donors (Lipinski definition) is 1. The first-order valence-electron chi connectivity index (χ1n) is 10.7. The summed E-state index contributed by atoms with van der Waals surface area (Å²) in [6, 6.07) is 20.8. The van der Waals surface area contributed by atoms with Crippen LogP contribution in [-0.4, -0.2) is 10.8 Å². The number of fused-ring (bicyclic) bond motifs is 4. The zero-order valence-corrected chi connectivity index (χ0v) is 18.1. The van der Waals surface area contributed by atoms with E-state index in [-0.39, 0.29) is 17.7 Å². The monoisotopic (exact) mass is 422 g/mol. The average Bonchev–Trinajstić information content (AvgIpc) is 3.24. The average molecular weight is 423 g/mol. The first kappa shape index (κ1) is 18.5. The number of pyridine rings is 1. The Morgan fingerprint density at radius 1 is 1.00 bits per heavy atom. The van der Waals surface area contributed by atoms with E-state index >= 15 is 0 Å². The topological polar surface area (TPSA) is 42.0 Å². The molecule has 0 saturated heterocycles. The highest BCUT2D eigenvalue weighted by atomic mass is 32.1. The van der Waals surface area contributed by atoms with Crippen LogP contribution in [0.3, 0.4) is 0 Å². The summed E-state index contributed by atoms with van der Waals surface area (Å²) in [7, 11) is 0. The lowest BCUT2D eigenvalue weighted by atomic mass is 9.72. The largest absolute Gasteiger partial charge is 0.373 e. The highest BCUT2D eigenvalue weighted by molar-refractivity contribution is 7.10. The van der Waals surface area contributed by atoms with Gasteiger partial charge in [0.1, 0.15) is 0 Å². The second-order valence-electron chi connectivity index (χ2n) is 8.43. The van der Waals surface area contributed by atoms with Crippen molar-refractivity contribution in [1.29, 1.82) is 0 Å². The van der Waals surface area contributed by atoms with Crippen molar-refractivity contribution in [3.8, 4) is 0 Å². The van der Waals surface area contributed by atoms with E-state index in [9.17, 15) is 4.79 Å². The summed E-state index contributed by atoms with van der Waals surface area (Å²) >= 11 is 1.73. The van der Waals surface area contributed by atoms with Crippen LogP contribution in [0.15, 0.2) is 77.8 Å². The van der Waals surface area contributed by atoms with E-state index in [0.29, 0.717) is 6.42 Å². The molecule has 2 aliphatic rings. The van der Waals surface area contributed by atoms with Gasteiger partial charge in [-0.05, 0) is 65.6 Å². The predicted octanol–water partition coefficient (Wildman–Crippen LogP) is 6.67. The molecule has 3 nitrogen and oxygen atoms in total. The van der Waals surface area contributed by atoms with Crippen molar-refractivity contribution in [2.45, 2.75) is 31.7 Å². The van der Waals surface area contributed by atoms with Gasteiger partial charge in [-0.1, -0.05) is 36.4 Å². The minimum atomic E-state index is -0.0826. The summed E-state index contributed by atoms with van der Waals surface area (Å²) in [4.78, 5) is 19.5. The normalized spacial score (nSPS) is 20.4. The van der Waals surface area contributed by atoms with E-state index in [0.717, 1.165) is 34.1 Å². The van der Waals surface area contributed by atoms with Gasteiger partial charge in [-0.2, -0.15) is 0 Å². The minimum absolute atomic E-state index is 0.0826. The van der Waals surface area contributed by atoms with Crippen molar-refractivity contribution in [1.82, 2.24) is 4.98 Å². The highest BCUT2D eigenvalue weighted by Crippen LogP contribution is 2.51. The number of rotatable bonds is 2. The third-order valence-corrected chi connectivity index (χ3v) is 7.70. The molecule has 1 aliphatic heterocycles. The molecule has 6 rings (SSSR count). The fourth-order valence-corrected chi connectivity index (χ4v) is 6.15. The molecular formula is C27H22N2OS. The van der Waals surface area contributed by atoms with Gasteiger partial charge in [0.05, 0.1) is 11.6 Å². The summed E-state index contributed by atoms with van der Waals surface area (Å²) in [6.07, 6.45) is 3.26. The molecule has 4 aromatic rings. The molecule has 0 spiro atoms. The number of benzene rings is 2. The minimum Gasteiger partial charge on any atom is -0.373 e. The molecule has 1 N–H and O–H groups in total. The van der Waals surface area contributed by atoms with Crippen LogP contribution >= 0.6 is 11.3 Å². The second kappa shape index (κ2) is 7.17. The van der Waals surface area contributed by atoms with Crippen LogP contribution in [-0.2, 0) is 4.79 Å². The molecule has 0 unspecified atom stereocenters. The number of thiophene rings is 1. The Balaban J connectivity index is 1.60. The molecule has 2 aromatic carbocycles. The summed E-state index contributed by atoms with van der Waals surface area (Å²) < 4.78 is 0. The fraction of sp³-hybridized carbons (Fsp3) is 0.185. The summed E-state index contributed by atoms with van der Waals surface area (Å²) in [5, 5.41) is 6.95. The Kier molecular flexibility index (Phi) is 4.29. The van der Waals surface area contributed by atoms with E-state index in [4.69, 9.17) is 0 Å². The molecule has 0 fully saturated rings. The van der Waals surface area contributed by atoms with E-state index < -0.39 is 0 Å². The van der Waals surface area contributed by atoms with Crippen molar-refractivity contribution in [2.24, 2.45) is 0 Å². The Bertz CT molecular complexity index is 1350. The van der Waals surface area contributed by atoms with E-state index in [1.54, 1.807) is 11.3 Å². The van der Waals surface area contributed by atoms with Gasteiger partial charge in [-0.15, -0.1) is 11.3 Å². The fourth-order valence-electron chi connectivity index (χ4n) is 5.17. The van der Waals surface area contributed by atoms with Gasteiger partial charge in [0.2, 0.25) is 0 Å². The van der Waals surface area contributed by atoms with Crippen molar-refractivity contribution >= 4 is 39.3 Å². The maximum absolute atomic E-state index is 13.7. The Morgan fingerprint density at radius 3 is 2.68 bits per heavy atom. The standard InChI is InChI=1S/C27H22N2OS/c1-16-11-13-31-27(16)26-25-20(14-18(15-23(25)30)17-6-3-2-4-7-17)24-19-8-5-12-28-21(19)9-10-22(24)29-26/h2-13,18,26,29H,14-15H2,1H3/t18-,26-/m0/s1. The molecule has 0 radical (unpaired) electrons. The number of nitrogens with zero attached hydrogens (tertiary/aromatic N) is 1. The molecule has 2 atom stereocenters. The zero-order valence-electron chi connectivity index (χ0n) is 17.3. The Morgan fingerprint density at radius 2 is 1.87 bits per heavy atom. The van der Waals surface area contributed by atoms with Gasteiger partial charge in [-0.25, -0.2) is 0 Å². The quantitative estimate of drug-likeness (QED) is 0.392. The van der Waals surface area contributed by atoms with Gasteiger partial charge >= 0.3 is 0 Å². The number of allylic oxidation sites excluding steroid dienone is 1. The number of aryl methyl sites for hydroxylation is 1. The summed E-state index contributed by atoms with van der Waals surface area (Å²) in [5.41, 5.74) is 7.83. The highest BCUT2D eigenvalue weighted by Gasteiger charge is 2.39. The molecule has 3 heterocycles. The number of carbonyl (C=O) groups excluding carboxylic acids is 1. The van der Waals surface area contributed by atoms with Crippen LogP contribution < -0.4 is 5.32 Å². The van der Waals surface area contributed by atoms with Crippen LogP contribution in [0.25, 0.3) is 16.5 Å². The second-order valence-corrected chi connectivity index (χ2v) is 9.38. The van der Waals surface area contributed by atoms with Gasteiger partial charge in [0, 0.05) is 39.7 Å². The molecule has 0 amide bonds. The van der Waals surface area contributed by atoms with Crippen molar-refractivity contribution < 1.29 is 4.79 Å². The smallest absolute Gasteiger partial charge is 0.162 e. The Labute approximate surface area is 185 Å². The maximum Gasteiger partial charge on any atom is 0.162 e. The zero-order chi connectivity index (χ0) is 20.9. The molecule has 4 heteroatoms. The van der Waals surface area contributed by atoms with Crippen LogP contribution in [0.5, 0.6) is 0 Å². The van der Waals surface area contributed by atoms with Crippen molar-refractivity contribution in [3.63, 3.8) is 0 Å². The number of hydrogen-bond acceptors (Lipinski definition) is 4. The van der Waals surface area contributed by atoms with Crippen LogP contribution in [0.2, 0.25) is 0 Å². The molecule has 1 aliphatic carbocycles. The number of carbonyl (C=O) groups is 1. The lowest BCUT2D eigenvalue weighted by molar-refractivity contribution is -0.116. The van der Waals surface area contributed by atoms with Gasteiger partial charge in [0.15, 0.2) is 5.78 Å². The summed E-state index contributed by atoms with van der Waals surface area (Å²) in [5.74, 6) is 0.461. The number of aromatic nitrogens is 1. The first-order valence-corrected chi connectivity index (χ1v) is 11.6. The van der Waals surface area contributed by atoms with E-state index in [1.807, 2.05) is 18.3 Å². The van der Waals surface area contributed by atoms with Gasteiger partial charge in [-0.3, -0.25) is 9.78 Å². The summed E-state index contributed by atoms with van der Waals surface area (Å²) in [6.45, 7) is 2.13. The van der Waals surface area contributed by atoms with E-state index in [1.165, 1.54) is 21.6 Å². The number of ketones is 1. The first-order chi connectivity index (χ1) is 15.2. The van der Waals surface area contributed by atoms with Crippen LogP contribution in [0.4, 0.5) is 5.69 Å². The molecule has 152 valence electrons. The Hall–Kier alpha value is -3.24. The van der Waals surface area contributed by atoms with Crippen molar-refractivity contribution in [3.05, 3.63) is 99.4 Å². The van der Waals surface area contributed by atoms with Crippen LogP contribution in [0.1, 0.15) is 46.4 Å².